The van der Waals surface area contributed by atoms with Crippen molar-refractivity contribution in [3.8, 4) is 0 Å². The van der Waals surface area contributed by atoms with E-state index in [0.29, 0.717) is 6.54 Å². The molecule has 0 aliphatic heterocycles. The minimum Gasteiger partial charge on any atom is -0.480 e. The van der Waals surface area contributed by atoms with Crippen molar-refractivity contribution in [3.63, 3.8) is 0 Å². The minimum absolute atomic E-state index is 0.249. The van der Waals surface area contributed by atoms with E-state index in [1.54, 1.807) is 13.0 Å². The van der Waals surface area contributed by atoms with Gasteiger partial charge >= 0.3 is 5.97 Å². The highest BCUT2D eigenvalue weighted by Gasteiger charge is 2.19. The Morgan fingerprint density at radius 1 is 1.53 bits per heavy atom. The summed E-state index contributed by atoms with van der Waals surface area (Å²) in [5.41, 5.74) is 1.12. The molecule has 17 heavy (non-hydrogen) atoms. The number of aromatic nitrogens is 2. The van der Waals surface area contributed by atoms with E-state index in [-0.39, 0.29) is 24.1 Å². The zero-order valence-corrected chi connectivity index (χ0v) is 10.2. The third kappa shape index (κ3) is 3.30. The van der Waals surface area contributed by atoms with Crippen molar-refractivity contribution in [1.29, 1.82) is 0 Å². The largest absolute Gasteiger partial charge is 0.480 e. The van der Waals surface area contributed by atoms with Gasteiger partial charge in [0.05, 0.1) is 0 Å². The number of amides is 1. The summed E-state index contributed by atoms with van der Waals surface area (Å²) < 4.78 is 0. The average Bonchev–Trinajstić information content (AvgIpc) is 2.73. The summed E-state index contributed by atoms with van der Waals surface area (Å²) in [7, 11) is 0. The molecular weight excluding hydrogens is 222 g/mol. The molecule has 6 heteroatoms. The topological polar surface area (TPSA) is 86.3 Å². The number of carboxylic acid groups (broad SMARTS) is 1. The summed E-state index contributed by atoms with van der Waals surface area (Å²) in [5, 5.41) is 15.4. The van der Waals surface area contributed by atoms with Crippen LogP contribution in [0.1, 0.15) is 42.9 Å². The quantitative estimate of drug-likeness (QED) is 0.805. The molecule has 0 unspecified atom stereocenters. The molecule has 2 N–H and O–H groups in total. The summed E-state index contributed by atoms with van der Waals surface area (Å²) >= 11 is 0. The number of carbonyl (C=O) groups excluding carboxylic acids is 1. The first-order valence-corrected chi connectivity index (χ1v) is 5.52. The van der Waals surface area contributed by atoms with Crippen LogP contribution in [0.4, 0.5) is 0 Å². The second-order valence-electron chi connectivity index (χ2n) is 4.08. The molecule has 0 atom stereocenters. The van der Waals surface area contributed by atoms with Gasteiger partial charge in [-0.05, 0) is 18.9 Å². The maximum Gasteiger partial charge on any atom is 0.323 e. The van der Waals surface area contributed by atoms with Gasteiger partial charge in [0.25, 0.3) is 5.91 Å². The van der Waals surface area contributed by atoms with Crippen LogP contribution in [0.15, 0.2) is 6.07 Å². The predicted molar refractivity (Wildman–Crippen MR) is 61.9 cm³/mol. The van der Waals surface area contributed by atoms with Crippen LogP contribution in [0.3, 0.4) is 0 Å². The molecule has 1 aromatic heterocycles. The third-order valence-electron chi connectivity index (χ3n) is 2.43. The molecule has 1 amide bonds. The molecule has 0 fully saturated rings. The molecular formula is C11H17N3O3. The van der Waals surface area contributed by atoms with Crippen molar-refractivity contribution in [2.24, 2.45) is 0 Å². The second-order valence-corrected chi connectivity index (χ2v) is 4.08. The number of aromatic amines is 1. The molecule has 0 aliphatic rings. The van der Waals surface area contributed by atoms with Gasteiger partial charge in [0.2, 0.25) is 0 Å². The molecule has 0 aliphatic carbocycles. The first-order chi connectivity index (χ1) is 7.95. The Hall–Kier alpha value is -1.85. The van der Waals surface area contributed by atoms with E-state index in [2.05, 4.69) is 10.2 Å². The smallest absolute Gasteiger partial charge is 0.323 e. The van der Waals surface area contributed by atoms with Crippen LogP contribution >= 0.6 is 0 Å². The number of hydrogen-bond acceptors (Lipinski definition) is 3. The molecule has 1 rings (SSSR count). The van der Waals surface area contributed by atoms with Crippen LogP contribution in [-0.4, -0.2) is 45.2 Å². The van der Waals surface area contributed by atoms with Gasteiger partial charge in [0.1, 0.15) is 12.2 Å². The summed E-state index contributed by atoms with van der Waals surface area (Å²) in [5.74, 6) is -1.14. The van der Waals surface area contributed by atoms with E-state index in [4.69, 9.17) is 5.11 Å². The van der Waals surface area contributed by atoms with Gasteiger partial charge in [-0.25, -0.2) is 0 Å². The van der Waals surface area contributed by atoms with Crippen LogP contribution < -0.4 is 0 Å². The molecule has 6 nitrogen and oxygen atoms in total. The van der Waals surface area contributed by atoms with Gasteiger partial charge in [-0.3, -0.25) is 14.7 Å². The Morgan fingerprint density at radius 2 is 2.18 bits per heavy atom. The number of likely N-dealkylation sites (N-methyl/N-ethyl adjacent to an activating group) is 1. The maximum absolute atomic E-state index is 11.9. The highest BCUT2D eigenvalue weighted by molar-refractivity contribution is 5.94. The number of carbonyl (C=O) groups is 2. The Labute approximate surface area is 99.6 Å². The summed E-state index contributed by atoms with van der Waals surface area (Å²) in [6.45, 7) is 5.73. The molecule has 0 aromatic carbocycles. The van der Waals surface area contributed by atoms with Gasteiger partial charge in [-0.1, -0.05) is 13.8 Å². The Morgan fingerprint density at radius 3 is 2.59 bits per heavy atom. The van der Waals surface area contributed by atoms with Crippen LogP contribution in [-0.2, 0) is 4.79 Å². The highest BCUT2D eigenvalue weighted by atomic mass is 16.4. The summed E-state index contributed by atoms with van der Waals surface area (Å²) in [4.78, 5) is 23.8. The van der Waals surface area contributed by atoms with E-state index in [1.165, 1.54) is 4.90 Å². The molecule has 0 spiro atoms. The number of rotatable bonds is 5. The number of nitrogens with zero attached hydrogens (tertiary/aromatic N) is 2. The Bertz CT molecular complexity index is 412. The SMILES string of the molecule is CCN(CC(=O)O)C(=O)c1cc(C(C)C)[nH]n1. The lowest BCUT2D eigenvalue weighted by Crippen LogP contribution is -2.35. The zero-order chi connectivity index (χ0) is 13.0. The standard InChI is InChI=1S/C11H17N3O3/c1-4-14(6-10(15)16)11(17)9-5-8(7(2)3)12-13-9/h5,7H,4,6H2,1-3H3,(H,12,13)(H,15,16). The van der Waals surface area contributed by atoms with Crippen LogP contribution in [0, 0.1) is 0 Å². The molecule has 94 valence electrons. The number of H-pyrrole nitrogens is 1. The van der Waals surface area contributed by atoms with Gasteiger partial charge in [0.15, 0.2) is 0 Å². The van der Waals surface area contributed by atoms with E-state index in [9.17, 15) is 9.59 Å². The fourth-order valence-electron chi connectivity index (χ4n) is 1.39. The molecule has 1 aromatic rings. The van der Waals surface area contributed by atoms with Gasteiger partial charge in [-0.2, -0.15) is 5.10 Å². The molecule has 0 saturated heterocycles. The lowest BCUT2D eigenvalue weighted by atomic mass is 10.1. The van der Waals surface area contributed by atoms with E-state index >= 15 is 0 Å². The normalized spacial score (nSPS) is 10.6. The minimum atomic E-state index is -1.03. The van der Waals surface area contributed by atoms with Crippen molar-refractivity contribution in [2.75, 3.05) is 13.1 Å². The monoisotopic (exact) mass is 239 g/mol. The zero-order valence-electron chi connectivity index (χ0n) is 10.2. The van der Waals surface area contributed by atoms with Crippen molar-refractivity contribution >= 4 is 11.9 Å². The summed E-state index contributed by atoms with van der Waals surface area (Å²) in [6, 6.07) is 1.66. The van der Waals surface area contributed by atoms with E-state index in [1.807, 2.05) is 13.8 Å². The number of carboxylic acids is 1. The van der Waals surface area contributed by atoms with Crippen molar-refractivity contribution in [3.05, 3.63) is 17.5 Å². The Balaban J connectivity index is 2.82. The molecule has 0 bridgehead atoms. The van der Waals surface area contributed by atoms with Gasteiger partial charge in [0, 0.05) is 12.2 Å². The first kappa shape index (κ1) is 13.2. The van der Waals surface area contributed by atoms with Crippen LogP contribution in [0.25, 0.3) is 0 Å². The lowest BCUT2D eigenvalue weighted by molar-refractivity contribution is -0.137. The molecule has 1 heterocycles. The fourth-order valence-corrected chi connectivity index (χ4v) is 1.39. The van der Waals surface area contributed by atoms with E-state index < -0.39 is 5.97 Å². The van der Waals surface area contributed by atoms with Crippen molar-refractivity contribution in [2.45, 2.75) is 26.7 Å². The number of nitrogens with one attached hydrogen (secondary N) is 1. The van der Waals surface area contributed by atoms with Crippen LogP contribution in [0.5, 0.6) is 0 Å². The highest BCUT2D eigenvalue weighted by Crippen LogP contribution is 2.13. The maximum atomic E-state index is 11.9. The second kappa shape index (κ2) is 5.47. The summed E-state index contributed by atoms with van der Waals surface area (Å²) in [6.07, 6.45) is 0. The van der Waals surface area contributed by atoms with Gasteiger partial charge < -0.3 is 10.0 Å². The number of hydrogen-bond donors (Lipinski definition) is 2. The van der Waals surface area contributed by atoms with Crippen molar-refractivity contribution < 1.29 is 14.7 Å². The van der Waals surface area contributed by atoms with Crippen molar-refractivity contribution in [1.82, 2.24) is 15.1 Å². The fraction of sp³-hybridized carbons (Fsp3) is 0.545. The first-order valence-electron chi connectivity index (χ1n) is 5.52. The predicted octanol–water partition coefficient (Wildman–Crippen LogP) is 1.08. The average molecular weight is 239 g/mol. The Kier molecular flexibility index (Phi) is 4.25. The number of aliphatic carboxylic acids is 1. The van der Waals surface area contributed by atoms with E-state index in [0.717, 1.165) is 5.69 Å². The van der Waals surface area contributed by atoms with Crippen LogP contribution in [0.2, 0.25) is 0 Å². The molecule has 0 radical (unpaired) electrons. The molecule has 0 saturated carbocycles. The van der Waals surface area contributed by atoms with Gasteiger partial charge in [-0.15, -0.1) is 0 Å². The lowest BCUT2D eigenvalue weighted by Gasteiger charge is -2.16. The third-order valence-corrected chi connectivity index (χ3v) is 2.43.